The maximum Gasteiger partial charge on any atom is 0.144 e. The van der Waals surface area contributed by atoms with Gasteiger partial charge < -0.3 is 16.2 Å². The van der Waals surface area contributed by atoms with Crippen LogP contribution >= 0.6 is 0 Å². The summed E-state index contributed by atoms with van der Waals surface area (Å²) < 4.78 is 0. The van der Waals surface area contributed by atoms with Crippen LogP contribution in [-0.2, 0) is 0 Å². The molecule has 0 aliphatic heterocycles. The van der Waals surface area contributed by atoms with Crippen molar-refractivity contribution >= 4 is 11.6 Å². The topological polar surface area (TPSA) is 84.1 Å². The maximum absolute atomic E-state index is 9.36. The number of anilines is 2. The fourth-order valence-electron chi connectivity index (χ4n) is 1.84. The summed E-state index contributed by atoms with van der Waals surface area (Å²) in [5.41, 5.74) is 5.44. The number of nitrogen functional groups attached to an aromatic ring is 1. The van der Waals surface area contributed by atoms with E-state index in [-0.39, 0.29) is 6.10 Å². The zero-order chi connectivity index (χ0) is 10.7. The van der Waals surface area contributed by atoms with Gasteiger partial charge in [-0.25, -0.2) is 9.97 Å². The molecule has 1 fully saturated rings. The van der Waals surface area contributed by atoms with Gasteiger partial charge in [0.25, 0.3) is 0 Å². The molecule has 0 atom stereocenters. The predicted molar refractivity (Wildman–Crippen MR) is 58.3 cm³/mol. The van der Waals surface area contributed by atoms with E-state index in [0.29, 0.717) is 11.9 Å². The second kappa shape index (κ2) is 4.44. The molecule has 15 heavy (non-hydrogen) atoms. The monoisotopic (exact) mass is 208 g/mol. The van der Waals surface area contributed by atoms with Gasteiger partial charge in [-0.15, -0.1) is 0 Å². The summed E-state index contributed by atoms with van der Waals surface area (Å²) in [5.74, 6) is 1.19. The summed E-state index contributed by atoms with van der Waals surface area (Å²) in [5, 5.41) is 12.6. The van der Waals surface area contributed by atoms with Crippen LogP contribution in [0.3, 0.4) is 0 Å². The Hall–Kier alpha value is -1.36. The molecule has 82 valence electrons. The molecule has 1 aromatic rings. The van der Waals surface area contributed by atoms with Crippen molar-refractivity contribution in [1.82, 2.24) is 9.97 Å². The van der Waals surface area contributed by atoms with Gasteiger partial charge >= 0.3 is 0 Å². The average Bonchev–Trinajstić information content (AvgIpc) is 2.25. The molecule has 1 saturated carbocycles. The number of nitrogens with zero attached hydrogens (tertiary/aromatic N) is 2. The SMILES string of the molecule is Nc1cnc(NC2CCC(O)CC2)cn1. The molecule has 0 unspecified atom stereocenters. The van der Waals surface area contributed by atoms with E-state index in [1.165, 1.54) is 0 Å². The molecule has 2 rings (SSSR count). The number of aliphatic hydroxyl groups is 1. The van der Waals surface area contributed by atoms with Gasteiger partial charge in [0, 0.05) is 6.04 Å². The number of rotatable bonds is 2. The zero-order valence-corrected chi connectivity index (χ0v) is 8.56. The van der Waals surface area contributed by atoms with Crippen LogP contribution < -0.4 is 11.1 Å². The highest BCUT2D eigenvalue weighted by molar-refractivity contribution is 5.36. The average molecular weight is 208 g/mol. The Balaban J connectivity index is 1.89. The standard InChI is InChI=1S/C10H16N4O/c11-9-5-13-10(6-12-9)14-7-1-3-8(15)4-2-7/h5-8,15H,1-4H2,(H2,11,12)(H,13,14). The van der Waals surface area contributed by atoms with Gasteiger partial charge in [-0.2, -0.15) is 0 Å². The summed E-state index contributed by atoms with van der Waals surface area (Å²) in [6, 6.07) is 0.395. The van der Waals surface area contributed by atoms with Gasteiger partial charge in [0.05, 0.1) is 18.5 Å². The van der Waals surface area contributed by atoms with Gasteiger partial charge in [0.2, 0.25) is 0 Å². The minimum absolute atomic E-state index is 0.124. The number of hydrogen-bond acceptors (Lipinski definition) is 5. The van der Waals surface area contributed by atoms with E-state index in [9.17, 15) is 5.11 Å². The van der Waals surface area contributed by atoms with Crippen molar-refractivity contribution in [3.8, 4) is 0 Å². The van der Waals surface area contributed by atoms with E-state index in [1.807, 2.05) is 0 Å². The summed E-state index contributed by atoms with van der Waals surface area (Å²) >= 11 is 0. The van der Waals surface area contributed by atoms with E-state index in [0.717, 1.165) is 31.5 Å². The van der Waals surface area contributed by atoms with E-state index in [1.54, 1.807) is 12.4 Å². The van der Waals surface area contributed by atoms with Crippen molar-refractivity contribution in [2.75, 3.05) is 11.1 Å². The molecule has 0 spiro atoms. The summed E-state index contributed by atoms with van der Waals surface area (Å²) in [6.45, 7) is 0. The Morgan fingerprint density at radius 1 is 1.20 bits per heavy atom. The lowest BCUT2D eigenvalue weighted by Crippen LogP contribution is -2.28. The Kier molecular flexibility index (Phi) is 3.01. The Morgan fingerprint density at radius 2 is 1.93 bits per heavy atom. The lowest BCUT2D eigenvalue weighted by molar-refractivity contribution is 0.126. The van der Waals surface area contributed by atoms with E-state index in [2.05, 4.69) is 15.3 Å². The van der Waals surface area contributed by atoms with Gasteiger partial charge in [-0.05, 0) is 25.7 Å². The molecule has 0 saturated heterocycles. The fraction of sp³-hybridized carbons (Fsp3) is 0.600. The molecular weight excluding hydrogens is 192 g/mol. The molecule has 5 heteroatoms. The quantitative estimate of drug-likeness (QED) is 0.668. The van der Waals surface area contributed by atoms with Crippen molar-refractivity contribution in [2.45, 2.75) is 37.8 Å². The molecule has 1 aliphatic rings. The number of aliphatic hydroxyl groups excluding tert-OH is 1. The van der Waals surface area contributed by atoms with Gasteiger partial charge in [-0.3, -0.25) is 0 Å². The summed E-state index contributed by atoms with van der Waals surface area (Å²) in [6.07, 6.45) is 6.74. The van der Waals surface area contributed by atoms with Crippen LogP contribution in [0, 0.1) is 0 Å². The second-order valence-electron chi connectivity index (χ2n) is 3.98. The Bertz CT molecular complexity index is 306. The predicted octanol–water partition coefficient (Wildman–Crippen LogP) is 0.774. The van der Waals surface area contributed by atoms with Crippen molar-refractivity contribution in [1.29, 1.82) is 0 Å². The van der Waals surface area contributed by atoms with Crippen LogP contribution in [0.4, 0.5) is 11.6 Å². The first-order chi connectivity index (χ1) is 7.24. The molecule has 1 aromatic heterocycles. The molecule has 0 amide bonds. The molecule has 0 aromatic carbocycles. The van der Waals surface area contributed by atoms with Crippen molar-refractivity contribution in [3.63, 3.8) is 0 Å². The first-order valence-corrected chi connectivity index (χ1v) is 5.26. The van der Waals surface area contributed by atoms with Gasteiger partial charge in [-0.1, -0.05) is 0 Å². The van der Waals surface area contributed by atoms with E-state index in [4.69, 9.17) is 5.73 Å². The molecule has 5 nitrogen and oxygen atoms in total. The first kappa shape index (κ1) is 10.2. The smallest absolute Gasteiger partial charge is 0.144 e. The number of nitrogens with two attached hydrogens (primary N) is 1. The summed E-state index contributed by atoms with van der Waals surface area (Å²) in [7, 11) is 0. The molecule has 1 heterocycles. The molecular formula is C10H16N4O. The van der Waals surface area contributed by atoms with Crippen LogP contribution in [0.5, 0.6) is 0 Å². The highest BCUT2D eigenvalue weighted by Crippen LogP contribution is 2.21. The van der Waals surface area contributed by atoms with Crippen LogP contribution in [0.25, 0.3) is 0 Å². The second-order valence-corrected chi connectivity index (χ2v) is 3.98. The number of nitrogens with one attached hydrogen (secondary N) is 1. The third kappa shape index (κ3) is 2.79. The number of hydrogen-bond donors (Lipinski definition) is 3. The number of aromatic nitrogens is 2. The first-order valence-electron chi connectivity index (χ1n) is 5.26. The Labute approximate surface area is 88.7 Å². The lowest BCUT2D eigenvalue weighted by Gasteiger charge is -2.26. The third-order valence-electron chi connectivity index (χ3n) is 2.72. The maximum atomic E-state index is 9.36. The Morgan fingerprint density at radius 3 is 2.53 bits per heavy atom. The van der Waals surface area contributed by atoms with Crippen molar-refractivity contribution in [2.24, 2.45) is 0 Å². The zero-order valence-electron chi connectivity index (χ0n) is 8.56. The molecule has 0 bridgehead atoms. The minimum Gasteiger partial charge on any atom is -0.393 e. The lowest BCUT2D eigenvalue weighted by atomic mass is 9.93. The fourth-order valence-corrected chi connectivity index (χ4v) is 1.84. The van der Waals surface area contributed by atoms with Crippen molar-refractivity contribution < 1.29 is 5.11 Å². The van der Waals surface area contributed by atoms with Gasteiger partial charge in [0.15, 0.2) is 0 Å². The summed E-state index contributed by atoms with van der Waals surface area (Å²) in [4.78, 5) is 8.09. The normalized spacial score (nSPS) is 26.2. The van der Waals surface area contributed by atoms with Gasteiger partial charge in [0.1, 0.15) is 11.6 Å². The van der Waals surface area contributed by atoms with E-state index >= 15 is 0 Å². The highest BCUT2D eigenvalue weighted by Gasteiger charge is 2.19. The molecule has 1 aliphatic carbocycles. The van der Waals surface area contributed by atoms with Crippen LogP contribution in [-0.4, -0.2) is 27.2 Å². The van der Waals surface area contributed by atoms with E-state index < -0.39 is 0 Å². The van der Waals surface area contributed by atoms with Crippen LogP contribution in [0.15, 0.2) is 12.4 Å². The van der Waals surface area contributed by atoms with Crippen LogP contribution in [0.2, 0.25) is 0 Å². The third-order valence-corrected chi connectivity index (χ3v) is 2.72. The minimum atomic E-state index is -0.124. The van der Waals surface area contributed by atoms with Crippen LogP contribution in [0.1, 0.15) is 25.7 Å². The van der Waals surface area contributed by atoms with Crippen molar-refractivity contribution in [3.05, 3.63) is 12.4 Å². The molecule has 4 N–H and O–H groups in total. The molecule has 0 radical (unpaired) electrons. The highest BCUT2D eigenvalue weighted by atomic mass is 16.3. The largest absolute Gasteiger partial charge is 0.393 e.